The lowest BCUT2D eigenvalue weighted by atomic mass is 10.1. The molecule has 0 bridgehead atoms. The van der Waals surface area contributed by atoms with Crippen LogP contribution in [0.2, 0.25) is 0 Å². The molecule has 100 valence electrons. The maximum absolute atomic E-state index is 3.46. The van der Waals surface area contributed by atoms with Gasteiger partial charge in [-0.15, -0.1) is 0 Å². The predicted molar refractivity (Wildman–Crippen MR) is 81.3 cm³/mol. The first-order valence-corrected chi connectivity index (χ1v) is 7.29. The minimum Gasteiger partial charge on any atom is -0.315 e. The van der Waals surface area contributed by atoms with Crippen LogP contribution in [0.4, 0.5) is 0 Å². The molecule has 0 aromatic heterocycles. The van der Waals surface area contributed by atoms with Gasteiger partial charge in [-0.25, -0.2) is 0 Å². The number of rotatable bonds is 4. The van der Waals surface area contributed by atoms with Crippen molar-refractivity contribution in [3.8, 4) is 0 Å². The highest BCUT2D eigenvalue weighted by atomic mass is 15.2. The second-order valence-electron chi connectivity index (χ2n) is 5.39. The summed E-state index contributed by atoms with van der Waals surface area (Å²) in [6, 6.07) is 16.1. The van der Waals surface area contributed by atoms with E-state index in [0.717, 1.165) is 19.6 Å². The molecule has 1 saturated heterocycles. The van der Waals surface area contributed by atoms with E-state index in [2.05, 4.69) is 59.6 Å². The third kappa shape index (κ3) is 2.80. The Balaban J connectivity index is 1.79. The van der Waals surface area contributed by atoms with E-state index >= 15 is 0 Å². The van der Waals surface area contributed by atoms with Crippen molar-refractivity contribution >= 4 is 10.8 Å². The fourth-order valence-electron chi connectivity index (χ4n) is 3.02. The highest BCUT2D eigenvalue weighted by Crippen LogP contribution is 2.18. The third-order valence-corrected chi connectivity index (χ3v) is 4.16. The van der Waals surface area contributed by atoms with Gasteiger partial charge in [0.1, 0.15) is 0 Å². The van der Waals surface area contributed by atoms with Crippen molar-refractivity contribution in [3.05, 3.63) is 48.0 Å². The van der Waals surface area contributed by atoms with Crippen LogP contribution in [0.25, 0.3) is 10.8 Å². The lowest BCUT2D eigenvalue weighted by molar-refractivity contribution is 0.210. The fraction of sp³-hybridized carbons (Fsp3) is 0.412. The average Bonchev–Trinajstić information content (AvgIpc) is 2.98. The molecule has 1 N–H and O–H groups in total. The quantitative estimate of drug-likeness (QED) is 0.902. The molecule has 0 spiro atoms. The Kier molecular flexibility index (Phi) is 3.81. The van der Waals surface area contributed by atoms with Crippen molar-refractivity contribution in [1.29, 1.82) is 0 Å². The van der Waals surface area contributed by atoms with Gasteiger partial charge in [-0.2, -0.15) is 0 Å². The first-order chi connectivity index (χ1) is 9.36. The van der Waals surface area contributed by atoms with Gasteiger partial charge in [0.05, 0.1) is 0 Å². The molecule has 1 aliphatic heterocycles. The number of nitrogens with one attached hydrogen (secondary N) is 1. The molecule has 1 fully saturated rings. The first-order valence-electron chi connectivity index (χ1n) is 7.29. The number of likely N-dealkylation sites (N-methyl/N-ethyl adjacent to an activating group) is 1. The molecule has 1 unspecified atom stereocenters. The van der Waals surface area contributed by atoms with Gasteiger partial charge in [-0.3, -0.25) is 4.90 Å². The lowest BCUT2D eigenvalue weighted by Crippen LogP contribution is -2.36. The molecule has 3 rings (SSSR count). The van der Waals surface area contributed by atoms with Gasteiger partial charge < -0.3 is 5.32 Å². The van der Waals surface area contributed by atoms with Crippen molar-refractivity contribution in [2.75, 3.05) is 19.6 Å². The molecule has 2 aromatic rings. The standard InChI is InChI=1S/C17H22N2/c1-2-19(17-9-10-18-12-17)13-14-7-8-15-5-3-4-6-16(15)11-14/h3-8,11,17-18H,2,9-10,12-13H2,1H3. The summed E-state index contributed by atoms with van der Waals surface area (Å²) in [6.45, 7) is 6.76. The van der Waals surface area contributed by atoms with Crippen molar-refractivity contribution in [1.82, 2.24) is 10.2 Å². The predicted octanol–water partition coefficient (Wildman–Crippen LogP) is 3.02. The van der Waals surface area contributed by atoms with Gasteiger partial charge in [0.25, 0.3) is 0 Å². The van der Waals surface area contributed by atoms with Gasteiger partial charge in [0.2, 0.25) is 0 Å². The third-order valence-electron chi connectivity index (χ3n) is 4.16. The molecule has 0 saturated carbocycles. The van der Waals surface area contributed by atoms with Crippen LogP contribution < -0.4 is 5.32 Å². The van der Waals surface area contributed by atoms with Crippen molar-refractivity contribution in [2.24, 2.45) is 0 Å². The zero-order valence-corrected chi connectivity index (χ0v) is 11.6. The highest BCUT2D eigenvalue weighted by Gasteiger charge is 2.20. The SMILES string of the molecule is CCN(Cc1ccc2ccccc2c1)C1CCNC1. The van der Waals surface area contributed by atoms with Crippen molar-refractivity contribution < 1.29 is 0 Å². The summed E-state index contributed by atoms with van der Waals surface area (Å²) in [5.41, 5.74) is 1.42. The maximum Gasteiger partial charge on any atom is 0.0237 e. The number of hydrogen-bond acceptors (Lipinski definition) is 2. The fourth-order valence-corrected chi connectivity index (χ4v) is 3.02. The Morgan fingerprint density at radius 3 is 2.74 bits per heavy atom. The minimum atomic E-state index is 0.705. The number of fused-ring (bicyclic) bond motifs is 1. The van der Waals surface area contributed by atoms with Gasteiger partial charge in [-0.1, -0.05) is 43.3 Å². The Hall–Kier alpha value is -1.38. The molecular weight excluding hydrogens is 232 g/mol. The summed E-state index contributed by atoms with van der Waals surface area (Å²) in [6.07, 6.45) is 1.28. The van der Waals surface area contributed by atoms with E-state index in [-0.39, 0.29) is 0 Å². The van der Waals surface area contributed by atoms with Crippen molar-refractivity contribution in [3.63, 3.8) is 0 Å². The summed E-state index contributed by atoms with van der Waals surface area (Å²) in [7, 11) is 0. The van der Waals surface area contributed by atoms with Crippen LogP contribution in [0.1, 0.15) is 18.9 Å². The van der Waals surface area contributed by atoms with Crippen LogP contribution in [0.5, 0.6) is 0 Å². The second kappa shape index (κ2) is 5.72. The summed E-state index contributed by atoms with van der Waals surface area (Å²) in [5.74, 6) is 0. The van der Waals surface area contributed by atoms with E-state index in [1.807, 2.05) is 0 Å². The normalized spacial score (nSPS) is 19.4. The van der Waals surface area contributed by atoms with Crippen LogP contribution in [0.3, 0.4) is 0 Å². The first kappa shape index (κ1) is 12.6. The Labute approximate surface area is 115 Å². The molecule has 1 heterocycles. The zero-order chi connectivity index (χ0) is 13.1. The molecule has 0 radical (unpaired) electrons. The number of benzene rings is 2. The van der Waals surface area contributed by atoms with Crippen LogP contribution in [0, 0.1) is 0 Å². The lowest BCUT2D eigenvalue weighted by Gasteiger charge is -2.27. The van der Waals surface area contributed by atoms with Gasteiger partial charge in [0.15, 0.2) is 0 Å². The Morgan fingerprint density at radius 1 is 1.16 bits per heavy atom. The number of nitrogens with zero attached hydrogens (tertiary/aromatic N) is 1. The summed E-state index contributed by atoms with van der Waals surface area (Å²) in [4.78, 5) is 2.59. The Bertz CT molecular complexity index is 544. The van der Waals surface area contributed by atoms with Crippen LogP contribution >= 0.6 is 0 Å². The Morgan fingerprint density at radius 2 is 2.00 bits per heavy atom. The number of hydrogen-bond donors (Lipinski definition) is 1. The summed E-state index contributed by atoms with van der Waals surface area (Å²) in [5, 5.41) is 6.14. The molecule has 2 aromatic carbocycles. The highest BCUT2D eigenvalue weighted by molar-refractivity contribution is 5.82. The van der Waals surface area contributed by atoms with Crippen LogP contribution in [-0.2, 0) is 6.54 Å². The molecule has 1 atom stereocenters. The van der Waals surface area contributed by atoms with E-state index in [1.165, 1.54) is 29.3 Å². The molecule has 0 aliphatic carbocycles. The molecule has 1 aliphatic rings. The smallest absolute Gasteiger partial charge is 0.0237 e. The van der Waals surface area contributed by atoms with Gasteiger partial charge >= 0.3 is 0 Å². The monoisotopic (exact) mass is 254 g/mol. The molecule has 2 nitrogen and oxygen atoms in total. The average molecular weight is 254 g/mol. The maximum atomic E-state index is 3.46. The van der Waals surface area contributed by atoms with E-state index < -0.39 is 0 Å². The van der Waals surface area contributed by atoms with E-state index in [9.17, 15) is 0 Å². The molecule has 19 heavy (non-hydrogen) atoms. The zero-order valence-electron chi connectivity index (χ0n) is 11.6. The van der Waals surface area contributed by atoms with E-state index in [4.69, 9.17) is 0 Å². The molecule has 0 amide bonds. The molecule has 2 heteroatoms. The van der Waals surface area contributed by atoms with E-state index in [1.54, 1.807) is 0 Å². The second-order valence-corrected chi connectivity index (χ2v) is 5.39. The van der Waals surface area contributed by atoms with Crippen LogP contribution in [-0.4, -0.2) is 30.6 Å². The van der Waals surface area contributed by atoms with Crippen molar-refractivity contribution in [2.45, 2.75) is 25.9 Å². The summed E-state index contributed by atoms with van der Waals surface area (Å²) >= 11 is 0. The van der Waals surface area contributed by atoms with Crippen LogP contribution in [0.15, 0.2) is 42.5 Å². The van der Waals surface area contributed by atoms with E-state index in [0.29, 0.717) is 6.04 Å². The van der Waals surface area contributed by atoms with Gasteiger partial charge in [0, 0.05) is 19.1 Å². The largest absolute Gasteiger partial charge is 0.315 e. The van der Waals surface area contributed by atoms with Gasteiger partial charge in [-0.05, 0) is 41.9 Å². The summed E-state index contributed by atoms with van der Waals surface area (Å²) < 4.78 is 0. The topological polar surface area (TPSA) is 15.3 Å². The minimum absolute atomic E-state index is 0.705. The molecular formula is C17H22N2.